The van der Waals surface area contributed by atoms with Crippen molar-refractivity contribution in [3.8, 4) is 11.5 Å². The minimum absolute atomic E-state index is 0.0173. The van der Waals surface area contributed by atoms with Gasteiger partial charge in [-0.1, -0.05) is 30.4 Å². The van der Waals surface area contributed by atoms with Gasteiger partial charge in [-0.3, -0.25) is 0 Å². The summed E-state index contributed by atoms with van der Waals surface area (Å²) in [6.45, 7) is 3.48. The summed E-state index contributed by atoms with van der Waals surface area (Å²) >= 11 is 0. The van der Waals surface area contributed by atoms with Gasteiger partial charge in [0, 0.05) is 0 Å². The molecule has 2 aromatic rings. The van der Waals surface area contributed by atoms with Crippen LogP contribution in [0.2, 0.25) is 0 Å². The van der Waals surface area contributed by atoms with Gasteiger partial charge in [-0.05, 0) is 35.4 Å². The zero-order valence-electron chi connectivity index (χ0n) is 20.9. The van der Waals surface area contributed by atoms with Crippen molar-refractivity contribution in [3.63, 3.8) is 0 Å². The fourth-order valence-electron chi connectivity index (χ4n) is 2.98. The largest absolute Gasteiger partial charge is 0.487 e. The Bertz CT molecular complexity index is 914. The van der Waals surface area contributed by atoms with Crippen LogP contribution in [0.15, 0.2) is 42.5 Å². The fraction of sp³-hybridized carbons (Fsp3) is 0.444. The number of rotatable bonds is 21. The van der Waals surface area contributed by atoms with E-state index < -0.39 is 5.97 Å². The normalized spacial score (nSPS) is 11.2. The summed E-state index contributed by atoms with van der Waals surface area (Å²) in [6, 6.07) is 12.2. The predicted octanol–water partition coefficient (Wildman–Crippen LogP) is 2.36. The van der Waals surface area contributed by atoms with Gasteiger partial charge in [-0.25, -0.2) is 4.79 Å². The smallest absolute Gasteiger partial charge is 0.335 e. The predicted molar refractivity (Wildman–Crippen MR) is 137 cm³/mol. The Kier molecular flexibility index (Phi) is 15.7. The van der Waals surface area contributed by atoms with Gasteiger partial charge in [0.2, 0.25) is 0 Å². The van der Waals surface area contributed by atoms with E-state index in [4.69, 9.17) is 43.7 Å². The van der Waals surface area contributed by atoms with Crippen molar-refractivity contribution < 1.29 is 48.5 Å². The van der Waals surface area contributed by atoms with Crippen LogP contribution in [-0.2, 0) is 18.9 Å². The van der Waals surface area contributed by atoms with Crippen molar-refractivity contribution in [2.45, 2.75) is 0 Å². The van der Waals surface area contributed by atoms with Gasteiger partial charge in [0.15, 0.2) is 11.5 Å². The molecule has 10 heteroatoms. The summed E-state index contributed by atoms with van der Waals surface area (Å²) in [7, 11) is 0. The highest BCUT2D eigenvalue weighted by Crippen LogP contribution is 2.29. The molecule has 0 amide bonds. The number of carboxylic acid groups (broad SMARTS) is 1. The Morgan fingerprint density at radius 2 is 1.05 bits per heavy atom. The van der Waals surface area contributed by atoms with E-state index in [9.17, 15) is 4.79 Å². The van der Waals surface area contributed by atoms with Crippen molar-refractivity contribution in [3.05, 3.63) is 59.2 Å². The third kappa shape index (κ3) is 13.2. The lowest BCUT2D eigenvalue weighted by Gasteiger charge is -2.14. The van der Waals surface area contributed by atoms with Crippen molar-refractivity contribution in [2.24, 2.45) is 0 Å². The first-order chi connectivity index (χ1) is 18.1. The maximum atomic E-state index is 11.0. The first-order valence-corrected chi connectivity index (χ1v) is 12.1. The van der Waals surface area contributed by atoms with Gasteiger partial charge < -0.3 is 43.7 Å². The van der Waals surface area contributed by atoms with E-state index in [1.165, 1.54) is 0 Å². The molecule has 0 radical (unpaired) electrons. The minimum Gasteiger partial charge on any atom is -0.487 e. The van der Waals surface area contributed by atoms with Crippen molar-refractivity contribution in [1.82, 2.24) is 0 Å². The van der Waals surface area contributed by atoms with E-state index in [1.807, 2.05) is 30.4 Å². The van der Waals surface area contributed by atoms with Crippen LogP contribution in [-0.4, -0.2) is 101 Å². The molecule has 0 aliphatic rings. The second kappa shape index (κ2) is 19.2. The summed E-state index contributed by atoms with van der Waals surface area (Å²) in [6.07, 6.45) is 3.78. The lowest BCUT2D eigenvalue weighted by atomic mass is 10.1. The Labute approximate surface area is 216 Å². The molecule has 0 aromatic heterocycles. The lowest BCUT2D eigenvalue weighted by Crippen LogP contribution is -2.13. The zero-order valence-corrected chi connectivity index (χ0v) is 20.9. The highest BCUT2D eigenvalue weighted by atomic mass is 16.6. The highest BCUT2D eigenvalue weighted by molar-refractivity contribution is 5.88. The van der Waals surface area contributed by atoms with Crippen molar-refractivity contribution in [2.75, 3.05) is 79.3 Å². The number of carboxylic acids is 1. The summed E-state index contributed by atoms with van der Waals surface area (Å²) in [4.78, 5) is 11.0. The minimum atomic E-state index is -0.963. The second-order valence-electron chi connectivity index (χ2n) is 7.56. The molecule has 0 bridgehead atoms. The molecular formula is C27H36O10. The van der Waals surface area contributed by atoms with E-state index >= 15 is 0 Å². The van der Waals surface area contributed by atoms with E-state index in [0.717, 1.165) is 11.1 Å². The molecule has 0 aliphatic heterocycles. The average molecular weight is 521 g/mol. The highest BCUT2D eigenvalue weighted by Gasteiger charge is 2.07. The number of ether oxygens (including phenoxy) is 6. The molecule has 0 saturated heterocycles. The molecular weight excluding hydrogens is 484 g/mol. The van der Waals surface area contributed by atoms with E-state index in [2.05, 4.69) is 0 Å². The Balaban J connectivity index is 1.91. The molecule has 37 heavy (non-hydrogen) atoms. The maximum Gasteiger partial charge on any atom is 0.335 e. The molecule has 0 spiro atoms. The zero-order chi connectivity index (χ0) is 26.6. The summed E-state index contributed by atoms with van der Waals surface area (Å²) < 4.78 is 33.0. The Morgan fingerprint density at radius 3 is 1.59 bits per heavy atom. The topological polar surface area (TPSA) is 133 Å². The van der Waals surface area contributed by atoms with Crippen LogP contribution in [0.1, 0.15) is 21.5 Å². The van der Waals surface area contributed by atoms with Crippen LogP contribution in [0.3, 0.4) is 0 Å². The van der Waals surface area contributed by atoms with Crippen LogP contribution < -0.4 is 9.47 Å². The maximum absolute atomic E-state index is 11.0. The standard InChI is InChI=1S/C27H36O10/c28-9-11-32-13-15-34-17-19-36-25-8-5-23(2-1-22-3-6-24(7-4-22)27(30)31)21-26(25)37-20-18-35-16-14-33-12-10-29/h1-8,21,28-29H,9-20H2,(H,30,31). The van der Waals surface area contributed by atoms with Gasteiger partial charge in [0.1, 0.15) is 13.2 Å². The molecule has 2 rings (SSSR count). The van der Waals surface area contributed by atoms with E-state index in [0.29, 0.717) is 64.4 Å². The van der Waals surface area contributed by atoms with Crippen LogP contribution in [0.5, 0.6) is 11.5 Å². The molecule has 0 unspecified atom stereocenters. The number of aliphatic hydroxyl groups excluding tert-OH is 2. The Hall–Kier alpha value is -2.99. The Morgan fingerprint density at radius 1 is 0.595 bits per heavy atom. The van der Waals surface area contributed by atoms with Gasteiger partial charge in [0.25, 0.3) is 0 Å². The lowest BCUT2D eigenvalue weighted by molar-refractivity contribution is 0.0223. The van der Waals surface area contributed by atoms with Crippen LogP contribution in [0, 0.1) is 0 Å². The first-order valence-electron chi connectivity index (χ1n) is 12.1. The average Bonchev–Trinajstić information content (AvgIpc) is 2.91. The number of aromatic carboxylic acids is 1. The van der Waals surface area contributed by atoms with E-state index in [1.54, 1.807) is 24.3 Å². The summed E-state index contributed by atoms with van der Waals surface area (Å²) in [5.74, 6) is 0.152. The third-order valence-electron chi connectivity index (χ3n) is 4.78. The number of aliphatic hydroxyl groups is 2. The summed E-state index contributed by atoms with van der Waals surface area (Å²) in [5.41, 5.74) is 1.98. The fourth-order valence-corrected chi connectivity index (χ4v) is 2.98. The van der Waals surface area contributed by atoms with Gasteiger partial charge in [0.05, 0.1) is 71.6 Å². The number of carbonyl (C=O) groups is 1. The van der Waals surface area contributed by atoms with Crippen LogP contribution >= 0.6 is 0 Å². The number of benzene rings is 2. The molecule has 0 heterocycles. The molecule has 204 valence electrons. The molecule has 0 saturated carbocycles. The van der Waals surface area contributed by atoms with Crippen LogP contribution in [0.4, 0.5) is 0 Å². The van der Waals surface area contributed by atoms with E-state index in [-0.39, 0.29) is 32.0 Å². The monoisotopic (exact) mass is 520 g/mol. The SMILES string of the molecule is O=C(O)c1ccc(C=Cc2ccc(OCCOCCOCCO)c(OCCOCCOCCO)c2)cc1. The van der Waals surface area contributed by atoms with Gasteiger partial charge in [-0.2, -0.15) is 0 Å². The third-order valence-corrected chi connectivity index (χ3v) is 4.78. The van der Waals surface area contributed by atoms with Crippen molar-refractivity contribution in [1.29, 1.82) is 0 Å². The quantitative estimate of drug-likeness (QED) is 0.166. The van der Waals surface area contributed by atoms with Gasteiger partial charge >= 0.3 is 5.97 Å². The molecule has 0 atom stereocenters. The number of hydrogen-bond acceptors (Lipinski definition) is 9. The molecule has 10 nitrogen and oxygen atoms in total. The molecule has 0 aliphatic carbocycles. The van der Waals surface area contributed by atoms with Crippen molar-refractivity contribution >= 4 is 18.1 Å². The van der Waals surface area contributed by atoms with Crippen LogP contribution in [0.25, 0.3) is 12.2 Å². The molecule has 3 N–H and O–H groups in total. The number of hydrogen-bond donors (Lipinski definition) is 3. The summed E-state index contributed by atoms with van der Waals surface area (Å²) in [5, 5.41) is 26.4. The first kappa shape index (κ1) is 30.2. The molecule has 2 aromatic carbocycles. The second-order valence-corrected chi connectivity index (χ2v) is 7.56. The van der Waals surface area contributed by atoms with Gasteiger partial charge in [-0.15, -0.1) is 0 Å². The molecule has 0 fully saturated rings.